The first-order valence-corrected chi connectivity index (χ1v) is 29.5. The third kappa shape index (κ3) is 11.7. The van der Waals surface area contributed by atoms with E-state index in [9.17, 15) is 0 Å². The van der Waals surface area contributed by atoms with Crippen LogP contribution in [0.15, 0.2) is 175 Å². The molecule has 1 saturated heterocycles. The molecule has 402 valence electrons. The average Bonchev–Trinajstić information content (AvgIpc) is 4.40. The van der Waals surface area contributed by atoms with Crippen molar-refractivity contribution in [3.8, 4) is 63.4 Å². The van der Waals surface area contributed by atoms with Gasteiger partial charge in [0.15, 0.2) is 0 Å². The van der Waals surface area contributed by atoms with E-state index >= 15 is 0 Å². The molecule has 5 heterocycles. The van der Waals surface area contributed by atoms with Crippen LogP contribution in [0.3, 0.4) is 0 Å². The number of hydrogen-bond acceptors (Lipinski definition) is 12. The fourth-order valence-corrected chi connectivity index (χ4v) is 14.3. The van der Waals surface area contributed by atoms with Crippen molar-refractivity contribution in [1.82, 2.24) is 0 Å². The Balaban J connectivity index is 0.000000183. The van der Waals surface area contributed by atoms with Gasteiger partial charge in [-0.15, -0.1) is 45.3 Å². The number of benzene rings is 6. The average molecular weight is 1120 g/mol. The lowest BCUT2D eigenvalue weighted by Gasteiger charge is -2.32. The Hall–Kier alpha value is -7.10. The largest absolute Gasteiger partial charge is 0.505 e. The van der Waals surface area contributed by atoms with Gasteiger partial charge in [-0.2, -0.15) is 0 Å². The van der Waals surface area contributed by atoms with Crippen molar-refractivity contribution in [3.05, 3.63) is 197 Å². The van der Waals surface area contributed by atoms with E-state index in [4.69, 9.17) is 28.3 Å². The zero-order chi connectivity index (χ0) is 55.6. The van der Waals surface area contributed by atoms with E-state index in [2.05, 4.69) is 192 Å². The van der Waals surface area contributed by atoms with Gasteiger partial charge in [-0.25, -0.2) is 0 Å². The summed E-state index contributed by atoms with van der Waals surface area (Å²) < 4.78 is 35.4. The third-order valence-electron chi connectivity index (χ3n) is 14.7. The predicted octanol–water partition coefficient (Wildman–Crippen LogP) is 18.8. The lowest BCUT2D eigenvalue weighted by atomic mass is 9.87. The molecule has 79 heavy (non-hydrogen) atoms. The summed E-state index contributed by atoms with van der Waals surface area (Å²) in [6, 6.07) is 59.2. The Bertz CT molecular complexity index is 3540. The zero-order valence-electron chi connectivity index (χ0n) is 46.8. The topological polar surface area (TPSA) is 61.9 Å². The minimum Gasteiger partial charge on any atom is -0.497 e. The van der Waals surface area contributed by atoms with Gasteiger partial charge in [0.05, 0.1) is 39.6 Å². The predicted molar refractivity (Wildman–Crippen MR) is 336 cm³/mol. The SMILES string of the molecule is COc1ccc(N(c2ccc(OC)cc2)c2ccc(-c3sc(-c4sc(B5OC(C)(C)C(C)(C)O5)cc4C)cc3C)cc2)cc1.COc1ccc(N(c2ccc(OC)cc2)c2ccc(-c3sc(-c4sccc4C)cc3C)cc2)cc1. The lowest BCUT2D eigenvalue weighted by molar-refractivity contribution is 0.00578. The molecule has 13 heteroatoms. The van der Waals surface area contributed by atoms with Gasteiger partial charge >= 0.3 is 7.12 Å². The molecule has 0 bridgehead atoms. The number of thiophene rings is 4. The second-order valence-corrected chi connectivity index (χ2v) is 24.6. The molecule has 0 amide bonds. The van der Waals surface area contributed by atoms with E-state index in [1.54, 1.807) is 39.8 Å². The Labute approximate surface area is 482 Å². The quantitative estimate of drug-likeness (QED) is 0.0941. The maximum Gasteiger partial charge on any atom is 0.505 e. The number of rotatable bonds is 15. The smallest absolute Gasteiger partial charge is 0.497 e. The molecule has 6 aromatic carbocycles. The van der Waals surface area contributed by atoms with E-state index in [-0.39, 0.29) is 18.3 Å². The summed E-state index contributed by atoms with van der Waals surface area (Å²) in [7, 11) is 6.40. The zero-order valence-corrected chi connectivity index (χ0v) is 50.1. The first-order chi connectivity index (χ1) is 38.1. The van der Waals surface area contributed by atoms with E-state index < -0.39 is 0 Å². The fraction of sp³-hybridized carbons (Fsp3) is 0.212. The number of nitrogens with zero attached hydrogens (tertiary/aromatic N) is 2. The van der Waals surface area contributed by atoms with E-state index in [0.29, 0.717) is 0 Å². The summed E-state index contributed by atoms with van der Waals surface area (Å²) in [5.41, 5.74) is 13.3. The Morgan fingerprint density at radius 1 is 0.367 bits per heavy atom. The molecule has 8 nitrogen and oxygen atoms in total. The maximum absolute atomic E-state index is 6.35. The molecule has 0 saturated carbocycles. The molecule has 11 rings (SSSR count). The van der Waals surface area contributed by atoms with Crippen LogP contribution in [0.5, 0.6) is 23.0 Å². The van der Waals surface area contributed by atoms with Crippen LogP contribution in [0.2, 0.25) is 0 Å². The van der Waals surface area contributed by atoms with Gasteiger partial charge in [-0.1, -0.05) is 24.3 Å². The second-order valence-electron chi connectivity index (χ2n) is 20.5. The highest BCUT2D eigenvalue weighted by molar-refractivity contribution is 7.29. The van der Waals surface area contributed by atoms with Gasteiger partial charge in [-0.05, 0) is 240 Å². The first kappa shape index (κ1) is 55.2. The van der Waals surface area contributed by atoms with Crippen molar-refractivity contribution in [1.29, 1.82) is 0 Å². The molecular weight excluding hydrogens is 1060 g/mol. The van der Waals surface area contributed by atoms with Crippen LogP contribution in [-0.4, -0.2) is 46.8 Å². The normalized spacial score (nSPS) is 13.4. The summed E-state index contributed by atoms with van der Waals surface area (Å²) in [5.74, 6) is 3.33. The molecule has 1 aliphatic heterocycles. The highest BCUT2D eigenvalue weighted by Gasteiger charge is 2.52. The summed E-state index contributed by atoms with van der Waals surface area (Å²) in [6.45, 7) is 17.2. The van der Waals surface area contributed by atoms with Crippen LogP contribution < -0.4 is 33.5 Å². The van der Waals surface area contributed by atoms with Crippen molar-refractivity contribution in [3.63, 3.8) is 0 Å². The molecule has 1 aliphatic rings. The Morgan fingerprint density at radius 3 is 1.00 bits per heavy atom. The molecule has 0 aliphatic carbocycles. The van der Waals surface area contributed by atoms with Gasteiger partial charge in [0.25, 0.3) is 0 Å². The first-order valence-electron chi connectivity index (χ1n) is 26.2. The minimum absolute atomic E-state index is 0.343. The fourth-order valence-electron chi connectivity index (χ4n) is 9.56. The van der Waals surface area contributed by atoms with Gasteiger partial charge in [0.2, 0.25) is 0 Å². The van der Waals surface area contributed by atoms with Crippen molar-refractivity contribution in [2.75, 3.05) is 38.2 Å². The molecule has 0 atom stereocenters. The van der Waals surface area contributed by atoms with Gasteiger partial charge in [0, 0.05) is 68.2 Å². The van der Waals surface area contributed by atoms with E-state index in [0.717, 1.165) is 61.9 Å². The van der Waals surface area contributed by atoms with Crippen molar-refractivity contribution >= 4 is 91.4 Å². The number of methoxy groups -OCH3 is 4. The van der Waals surface area contributed by atoms with Crippen LogP contribution >= 0.6 is 45.3 Å². The van der Waals surface area contributed by atoms with Crippen molar-refractivity contribution in [2.45, 2.75) is 66.6 Å². The summed E-state index contributed by atoms with van der Waals surface area (Å²) in [4.78, 5) is 12.3. The molecule has 0 N–H and O–H groups in total. The van der Waals surface area contributed by atoms with Gasteiger partial charge < -0.3 is 38.1 Å². The molecule has 0 unspecified atom stereocenters. The number of ether oxygens (including phenoxy) is 4. The lowest BCUT2D eigenvalue weighted by Crippen LogP contribution is -2.41. The van der Waals surface area contributed by atoms with Crippen LogP contribution in [0.1, 0.15) is 49.9 Å². The van der Waals surface area contributed by atoms with E-state index in [1.807, 2.05) is 82.5 Å². The minimum atomic E-state index is -0.356. The van der Waals surface area contributed by atoms with Crippen molar-refractivity contribution in [2.24, 2.45) is 0 Å². The Kier molecular flexibility index (Phi) is 16.3. The second kappa shape index (κ2) is 23.3. The number of aryl methyl sites for hydroxylation is 4. The molecule has 1 fully saturated rings. The maximum atomic E-state index is 6.35. The van der Waals surface area contributed by atoms with Crippen molar-refractivity contribution < 1.29 is 28.3 Å². The summed E-state index contributed by atoms with van der Waals surface area (Å²) in [6.07, 6.45) is 0. The van der Waals surface area contributed by atoms with Gasteiger partial charge in [0.1, 0.15) is 23.0 Å². The van der Waals surface area contributed by atoms with Crippen LogP contribution in [0.25, 0.3) is 40.4 Å². The monoisotopic (exact) mass is 1120 g/mol. The summed E-state index contributed by atoms with van der Waals surface area (Å²) >= 11 is 7.29. The van der Waals surface area contributed by atoms with Gasteiger partial charge in [-0.3, -0.25) is 0 Å². The molecule has 10 aromatic rings. The molecule has 4 aromatic heterocycles. The Morgan fingerprint density at radius 2 is 0.684 bits per heavy atom. The number of anilines is 6. The van der Waals surface area contributed by atoms with Crippen LogP contribution in [-0.2, 0) is 9.31 Å². The summed E-state index contributed by atoms with van der Waals surface area (Å²) in [5, 5.41) is 2.17. The highest BCUT2D eigenvalue weighted by atomic mass is 32.1. The molecular formula is C66H65BN2O6S4. The molecule has 0 spiro atoms. The highest BCUT2D eigenvalue weighted by Crippen LogP contribution is 2.46. The van der Waals surface area contributed by atoms with E-state index in [1.165, 1.54) is 62.6 Å². The standard InChI is InChI=1S/C36H38BNO4S2.C30H27NO2S2/c1-23-21-31(34-24(2)22-32(44-34)37-41-35(3,4)36(5,6)42-37)43-33(23)25-9-11-26(12-10-25)38(27-13-17-29(39-7)18-14-27)28-15-19-30(40-8)20-16-28;1-20-17-18-34-30(20)28-19-21(2)29(35-28)22-5-7-23(8-6-22)31(24-9-13-26(32-3)14-10-24)25-11-15-27(33-4)16-12-25/h9-22H,1-8H3;5-19H,1-4H3. The van der Waals surface area contributed by atoms with Crippen LogP contribution in [0, 0.1) is 27.7 Å². The van der Waals surface area contributed by atoms with Crippen LogP contribution in [0.4, 0.5) is 34.1 Å². The number of hydrogen-bond donors (Lipinski definition) is 0. The third-order valence-corrected chi connectivity index (χ3v) is 19.9. The molecule has 0 radical (unpaired) electrons.